The number of halogens is 1. The first-order chi connectivity index (χ1) is 8.20. The van der Waals surface area contributed by atoms with Gasteiger partial charge in [0.2, 0.25) is 0 Å². The van der Waals surface area contributed by atoms with Crippen molar-refractivity contribution in [3.8, 4) is 0 Å². The topological polar surface area (TPSA) is 17.1 Å². The summed E-state index contributed by atoms with van der Waals surface area (Å²) >= 11 is 3.82. The van der Waals surface area contributed by atoms with Crippen LogP contribution < -0.4 is 0 Å². The van der Waals surface area contributed by atoms with Crippen LogP contribution in [0.15, 0.2) is 35.7 Å². The molecule has 0 amide bonds. The van der Waals surface area contributed by atoms with Crippen LogP contribution >= 0.6 is 33.9 Å². The van der Waals surface area contributed by atoms with Gasteiger partial charge in [0.05, 0.1) is 4.88 Å². The van der Waals surface area contributed by atoms with Gasteiger partial charge in [-0.15, -0.1) is 11.3 Å². The zero-order chi connectivity index (χ0) is 12.3. The summed E-state index contributed by atoms with van der Waals surface area (Å²) in [4.78, 5) is 13.1. The molecular formula is C14H13IOS. The van der Waals surface area contributed by atoms with Crippen LogP contribution in [-0.2, 0) is 12.8 Å². The van der Waals surface area contributed by atoms with Crippen LogP contribution in [0.1, 0.15) is 27.7 Å². The number of carbonyl (C=O) groups is 1. The minimum Gasteiger partial charge on any atom is -0.293 e. The molecule has 3 heteroatoms. The van der Waals surface area contributed by atoms with Crippen LogP contribution in [0.5, 0.6) is 0 Å². The van der Waals surface area contributed by atoms with Crippen LogP contribution in [0.4, 0.5) is 0 Å². The van der Waals surface area contributed by atoms with Crippen molar-refractivity contribution in [3.63, 3.8) is 0 Å². The minimum atomic E-state index is 0.234. The quantitative estimate of drug-likeness (QED) is 0.588. The van der Waals surface area contributed by atoms with Gasteiger partial charge in [-0.2, -0.15) is 0 Å². The van der Waals surface area contributed by atoms with Crippen LogP contribution in [0.25, 0.3) is 0 Å². The Morgan fingerprint density at radius 3 is 2.59 bits per heavy atom. The van der Waals surface area contributed by atoms with Gasteiger partial charge in [-0.05, 0) is 63.7 Å². The summed E-state index contributed by atoms with van der Waals surface area (Å²) in [6.45, 7) is 2.09. The van der Waals surface area contributed by atoms with Gasteiger partial charge < -0.3 is 0 Å². The Hall–Kier alpha value is -0.680. The summed E-state index contributed by atoms with van der Waals surface area (Å²) in [5, 5.41) is 2.00. The zero-order valence-electron chi connectivity index (χ0n) is 9.57. The average Bonchev–Trinajstić information content (AvgIpc) is 2.80. The van der Waals surface area contributed by atoms with Gasteiger partial charge in [-0.25, -0.2) is 0 Å². The third-order valence-electron chi connectivity index (χ3n) is 2.66. The molecule has 0 atom stereocenters. The van der Waals surface area contributed by atoms with E-state index in [1.54, 1.807) is 11.3 Å². The van der Waals surface area contributed by atoms with Gasteiger partial charge in [-0.3, -0.25) is 4.79 Å². The molecule has 0 unspecified atom stereocenters. The number of hydrogen-bond acceptors (Lipinski definition) is 2. The lowest BCUT2D eigenvalue weighted by molar-refractivity contribution is 0.0996. The smallest absolute Gasteiger partial charge is 0.177 e. The van der Waals surface area contributed by atoms with Gasteiger partial charge in [0, 0.05) is 9.99 Å². The van der Waals surface area contributed by atoms with Gasteiger partial charge in [-0.1, -0.05) is 19.1 Å². The van der Waals surface area contributed by atoms with Crippen LogP contribution in [-0.4, -0.2) is 5.78 Å². The van der Waals surface area contributed by atoms with Crippen LogP contribution in [0.2, 0.25) is 0 Å². The third kappa shape index (κ3) is 3.16. The van der Waals surface area contributed by atoms with Crippen molar-refractivity contribution < 1.29 is 4.79 Å². The number of Topliss-reactive ketones (excluding diaryl/α,β-unsaturated/α-hetero) is 1. The maximum Gasteiger partial charge on any atom is 0.177 e. The first-order valence-electron chi connectivity index (χ1n) is 5.54. The molecule has 2 aromatic rings. The Kier molecular flexibility index (Phi) is 4.34. The SMILES string of the molecule is CCc1ccsc1C(=O)Cc1ccc(I)cc1. The van der Waals surface area contributed by atoms with Gasteiger partial charge in [0.15, 0.2) is 5.78 Å². The van der Waals surface area contributed by atoms with E-state index in [0.29, 0.717) is 6.42 Å². The highest BCUT2D eigenvalue weighted by Crippen LogP contribution is 2.20. The normalized spacial score (nSPS) is 10.5. The van der Waals surface area contributed by atoms with Crippen molar-refractivity contribution in [1.82, 2.24) is 0 Å². The molecule has 0 saturated heterocycles. The number of aryl methyl sites for hydroxylation is 1. The number of rotatable bonds is 4. The van der Waals surface area contributed by atoms with Gasteiger partial charge in [0.25, 0.3) is 0 Å². The van der Waals surface area contributed by atoms with E-state index in [-0.39, 0.29) is 5.78 Å². The maximum atomic E-state index is 12.1. The molecule has 0 N–H and O–H groups in total. The number of thiophene rings is 1. The predicted octanol–water partition coefficient (Wildman–Crippen LogP) is 4.34. The molecule has 1 heterocycles. The highest BCUT2D eigenvalue weighted by atomic mass is 127. The van der Waals surface area contributed by atoms with Gasteiger partial charge >= 0.3 is 0 Å². The monoisotopic (exact) mass is 356 g/mol. The molecule has 0 aliphatic rings. The van der Waals surface area contributed by atoms with E-state index in [1.807, 2.05) is 35.7 Å². The minimum absolute atomic E-state index is 0.234. The van der Waals surface area contributed by atoms with E-state index in [2.05, 4.69) is 29.5 Å². The molecule has 0 radical (unpaired) electrons. The Morgan fingerprint density at radius 1 is 1.24 bits per heavy atom. The van der Waals surface area contributed by atoms with E-state index < -0.39 is 0 Å². The standard InChI is InChI=1S/C14H13IOS/c1-2-11-7-8-17-14(11)13(16)9-10-3-5-12(15)6-4-10/h3-8H,2,9H2,1H3. The molecule has 0 aliphatic heterocycles. The fourth-order valence-corrected chi connectivity index (χ4v) is 3.02. The molecule has 0 spiro atoms. The van der Waals surface area contributed by atoms with E-state index in [0.717, 1.165) is 16.9 Å². The second-order valence-electron chi connectivity index (χ2n) is 3.85. The summed E-state index contributed by atoms with van der Waals surface area (Å²) in [6.07, 6.45) is 1.43. The molecule has 88 valence electrons. The Bertz CT molecular complexity index is 513. The molecular weight excluding hydrogens is 343 g/mol. The number of carbonyl (C=O) groups excluding carboxylic acids is 1. The summed E-state index contributed by atoms with van der Waals surface area (Å²) in [6, 6.07) is 10.2. The van der Waals surface area contributed by atoms with E-state index >= 15 is 0 Å². The highest BCUT2D eigenvalue weighted by molar-refractivity contribution is 14.1. The lowest BCUT2D eigenvalue weighted by Crippen LogP contribution is -2.03. The maximum absolute atomic E-state index is 12.1. The lowest BCUT2D eigenvalue weighted by Gasteiger charge is -2.02. The van der Waals surface area contributed by atoms with Crippen molar-refractivity contribution in [3.05, 3.63) is 55.3 Å². The Balaban J connectivity index is 2.14. The zero-order valence-corrected chi connectivity index (χ0v) is 12.5. The second kappa shape index (κ2) is 5.78. The van der Waals surface area contributed by atoms with Crippen molar-refractivity contribution in [2.75, 3.05) is 0 Å². The third-order valence-corrected chi connectivity index (χ3v) is 4.38. The summed E-state index contributed by atoms with van der Waals surface area (Å²) in [7, 11) is 0. The largest absolute Gasteiger partial charge is 0.293 e. The summed E-state index contributed by atoms with van der Waals surface area (Å²) < 4.78 is 1.20. The number of benzene rings is 1. The van der Waals surface area contributed by atoms with Gasteiger partial charge in [0.1, 0.15) is 0 Å². The molecule has 17 heavy (non-hydrogen) atoms. The fourth-order valence-electron chi connectivity index (χ4n) is 1.73. The summed E-state index contributed by atoms with van der Waals surface area (Å²) in [5.74, 6) is 0.234. The van der Waals surface area contributed by atoms with Crippen LogP contribution in [0.3, 0.4) is 0 Å². The van der Waals surface area contributed by atoms with Crippen molar-refractivity contribution in [1.29, 1.82) is 0 Å². The van der Waals surface area contributed by atoms with Crippen molar-refractivity contribution >= 4 is 39.7 Å². The van der Waals surface area contributed by atoms with E-state index in [1.165, 1.54) is 9.13 Å². The number of ketones is 1. The molecule has 0 saturated carbocycles. The average molecular weight is 356 g/mol. The summed E-state index contributed by atoms with van der Waals surface area (Å²) in [5.41, 5.74) is 2.26. The predicted molar refractivity (Wildman–Crippen MR) is 80.9 cm³/mol. The van der Waals surface area contributed by atoms with Crippen molar-refractivity contribution in [2.45, 2.75) is 19.8 Å². The molecule has 1 nitrogen and oxygen atoms in total. The molecule has 1 aromatic heterocycles. The Labute approximate surface area is 119 Å². The van der Waals surface area contributed by atoms with E-state index in [4.69, 9.17) is 0 Å². The molecule has 0 aliphatic carbocycles. The lowest BCUT2D eigenvalue weighted by atomic mass is 10.1. The first kappa shape index (κ1) is 12.8. The molecule has 2 rings (SSSR count). The molecule has 0 fully saturated rings. The molecule has 1 aromatic carbocycles. The van der Waals surface area contributed by atoms with Crippen LogP contribution in [0, 0.1) is 3.57 Å². The fraction of sp³-hybridized carbons (Fsp3) is 0.214. The first-order valence-corrected chi connectivity index (χ1v) is 7.50. The van der Waals surface area contributed by atoms with Crippen molar-refractivity contribution in [2.24, 2.45) is 0 Å². The Morgan fingerprint density at radius 2 is 1.94 bits per heavy atom. The number of hydrogen-bond donors (Lipinski definition) is 0. The highest BCUT2D eigenvalue weighted by Gasteiger charge is 2.12. The molecule has 0 bridgehead atoms. The second-order valence-corrected chi connectivity index (χ2v) is 6.02. The van der Waals surface area contributed by atoms with E-state index in [9.17, 15) is 4.79 Å².